The van der Waals surface area contributed by atoms with E-state index in [0.717, 1.165) is 31.0 Å². The standard InChI is InChI=1S/C15H14N2OS3/c1-9-8-20-15(16-9)13-7-12(10(2)21-13)17-14(18)6-11-4-3-5-19-11/h3-5,7-8H,6H2,1-2H3,(H,17,18). The Morgan fingerprint density at radius 2 is 2.19 bits per heavy atom. The molecule has 3 aromatic heterocycles. The fraction of sp³-hybridized carbons (Fsp3) is 0.200. The Hall–Kier alpha value is -1.50. The van der Waals surface area contributed by atoms with Crippen LogP contribution in [0.2, 0.25) is 0 Å². The number of nitrogens with zero attached hydrogens (tertiary/aromatic N) is 1. The van der Waals surface area contributed by atoms with Crippen LogP contribution in [-0.2, 0) is 11.2 Å². The van der Waals surface area contributed by atoms with Crippen LogP contribution in [0.3, 0.4) is 0 Å². The molecular formula is C15H14N2OS3. The van der Waals surface area contributed by atoms with Crippen molar-refractivity contribution in [2.45, 2.75) is 20.3 Å². The molecule has 1 N–H and O–H groups in total. The number of thiazole rings is 1. The van der Waals surface area contributed by atoms with E-state index in [1.54, 1.807) is 34.0 Å². The van der Waals surface area contributed by atoms with Gasteiger partial charge >= 0.3 is 0 Å². The van der Waals surface area contributed by atoms with E-state index in [2.05, 4.69) is 10.3 Å². The van der Waals surface area contributed by atoms with Crippen LogP contribution in [-0.4, -0.2) is 10.9 Å². The number of amides is 1. The molecule has 3 rings (SSSR count). The second-order valence-electron chi connectivity index (χ2n) is 4.68. The molecule has 21 heavy (non-hydrogen) atoms. The molecule has 0 bridgehead atoms. The molecule has 0 fully saturated rings. The van der Waals surface area contributed by atoms with Gasteiger partial charge in [0.25, 0.3) is 0 Å². The third-order valence-electron chi connectivity index (χ3n) is 2.94. The van der Waals surface area contributed by atoms with Gasteiger partial charge in [-0.3, -0.25) is 4.79 Å². The van der Waals surface area contributed by atoms with Gasteiger partial charge in [-0.2, -0.15) is 0 Å². The molecule has 0 radical (unpaired) electrons. The molecule has 3 nitrogen and oxygen atoms in total. The van der Waals surface area contributed by atoms with Gasteiger partial charge in [0, 0.05) is 20.8 Å². The van der Waals surface area contributed by atoms with E-state index in [9.17, 15) is 4.79 Å². The SMILES string of the molecule is Cc1csc(-c2cc(NC(=O)Cc3cccs3)c(C)s2)n1. The number of anilines is 1. The van der Waals surface area contributed by atoms with Crippen molar-refractivity contribution in [3.05, 3.63) is 44.4 Å². The van der Waals surface area contributed by atoms with Crippen LogP contribution in [0.5, 0.6) is 0 Å². The molecule has 0 aromatic carbocycles. The zero-order valence-electron chi connectivity index (χ0n) is 11.7. The highest BCUT2D eigenvalue weighted by Gasteiger charge is 2.13. The van der Waals surface area contributed by atoms with Gasteiger partial charge in [0.05, 0.1) is 17.0 Å². The highest BCUT2D eigenvalue weighted by molar-refractivity contribution is 7.21. The summed E-state index contributed by atoms with van der Waals surface area (Å²) >= 11 is 4.91. The molecule has 0 unspecified atom stereocenters. The molecule has 1 amide bonds. The van der Waals surface area contributed by atoms with Crippen LogP contribution in [0.25, 0.3) is 9.88 Å². The summed E-state index contributed by atoms with van der Waals surface area (Å²) in [5, 5.41) is 8.04. The number of thiophene rings is 2. The summed E-state index contributed by atoms with van der Waals surface area (Å²) in [5.74, 6) is 0.0280. The summed E-state index contributed by atoms with van der Waals surface area (Å²) in [6, 6.07) is 5.96. The lowest BCUT2D eigenvalue weighted by Crippen LogP contribution is -2.13. The maximum atomic E-state index is 12.1. The summed E-state index contributed by atoms with van der Waals surface area (Å²) in [4.78, 5) is 19.9. The van der Waals surface area contributed by atoms with Gasteiger partial charge in [-0.05, 0) is 31.4 Å². The maximum Gasteiger partial charge on any atom is 0.229 e. The van der Waals surface area contributed by atoms with E-state index in [1.807, 2.05) is 42.8 Å². The molecular weight excluding hydrogens is 320 g/mol. The predicted octanol–water partition coefficient (Wildman–Crippen LogP) is 4.73. The molecule has 0 saturated carbocycles. The van der Waals surface area contributed by atoms with Crippen molar-refractivity contribution in [1.82, 2.24) is 4.98 Å². The Bertz CT molecular complexity index is 756. The number of nitrogens with one attached hydrogen (secondary N) is 1. The number of aryl methyl sites for hydroxylation is 2. The van der Waals surface area contributed by atoms with Crippen molar-refractivity contribution < 1.29 is 4.79 Å². The molecule has 0 atom stereocenters. The Kier molecular flexibility index (Phi) is 4.19. The Morgan fingerprint density at radius 3 is 2.86 bits per heavy atom. The van der Waals surface area contributed by atoms with E-state index in [0.29, 0.717) is 6.42 Å². The van der Waals surface area contributed by atoms with Crippen LogP contribution in [0.4, 0.5) is 5.69 Å². The van der Waals surface area contributed by atoms with Gasteiger partial charge < -0.3 is 5.32 Å². The monoisotopic (exact) mass is 334 g/mol. The van der Waals surface area contributed by atoms with Gasteiger partial charge in [0.2, 0.25) is 5.91 Å². The lowest BCUT2D eigenvalue weighted by molar-refractivity contribution is -0.115. The van der Waals surface area contributed by atoms with Crippen molar-refractivity contribution in [3.63, 3.8) is 0 Å². The second-order valence-corrected chi connectivity index (χ2v) is 7.83. The van der Waals surface area contributed by atoms with E-state index >= 15 is 0 Å². The minimum Gasteiger partial charge on any atom is -0.325 e. The zero-order valence-corrected chi connectivity index (χ0v) is 14.1. The number of rotatable bonds is 4. The summed E-state index contributed by atoms with van der Waals surface area (Å²) in [6.45, 7) is 4.01. The maximum absolute atomic E-state index is 12.1. The Labute approximate surface area is 135 Å². The smallest absolute Gasteiger partial charge is 0.229 e. The molecule has 0 saturated heterocycles. The molecule has 3 aromatic rings. The van der Waals surface area contributed by atoms with Gasteiger partial charge in [-0.1, -0.05) is 6.07 Å². The van der Waals surface area contributed by atoms with Gasteiger partial charge in [-0.25, -0.2) is 4.98 Å². The average Bonchev–Trinajstić information content (AvgIpc) is 3.13. The van der Waals surface area contributed by atoms with Gasteiger partial charge in [0.15, 0.2) is 0 Å². The summed E-state index contributed by atoms with van der Waals surface area (Å²) in [7, 11) is 0. The van der Waals surface area contributed by atoms with E-state index in [1.165, 1.54) is 0 Å². The van der Waals surface area contributed by atoms with Gasteiger partial charge in [0.1, 0.15) is 5.01 Å². The molecule has 0 spiro atoms. The first-order chi connectivity index (χ1) is 10.1. The molecule has 0 aliphatic rings. The number of aromatic nitrogens is 1. The third-order valence-corrected chi connectivity index (χ3v) is 5.99. The Morgan fingerprint density at radius 1 is 1.33 bits per heavy atom. The van der Waals surface area contributed by atoms with Crippen molar-refractivity contribution >= 4 is 45.6 Å². The first-order valence-electron chi connectivity index (χ1n) is 6.47. The topological polar surface area (TPSA) is 42.0 Å². The fourth-order valence-corrected chi connectivity index (χ4v) is 4.48. The zero-order chi connectivity index (χ0) is 14.8. The largest absolute Gasteiger partial charge is 0.325 e. The number of carbonyl (C=O) groups is 1. The van der Waals surface area contributed by atoms with Crippen LogP contribution < -0.4 is 5.32 Å². The van der Waals surface area contributed by atoms with Crippen LogP contribution in [0, 0.1) is 13.8 Å². The quantitative estimate of drug-likeness (QED) is 0.749. The number of hydrogen-bond donors (Lipinski definition) is 1. The third kappa shape index (κ3) is 3.40. The molecule has 108 valence electrons. The Balaban J connectivity index is 1.74. The van der Waals surface area contributed by atoms with Crippen LogP contribution >= 0.6 is 34.0 Å². The van der Waals surface area contributed by atoms with E-state index in [4.69, 9.17) is 0 Å². The number of carbonyl (C=O) groups excluding carboxylic acids is 1. The minimum absolute atomic E-state index is 0.0280. The molecule has 3 heterocycles. The van der Waals surface area contributed by atoms with Crippen molar-refractivity contribution in [3.8, 4) is 9.88 Å². The number of hydrogen-bond acceptors (Lipinski definition) is 5. The summed E-state index contributed by atoms with van der Waals surface area (Å²) in [6.07, 6.45) is 0.429. The minimum atomic E-state index is 0.0280. The first kappa shape index (κ1) is 14.4. The second kappa shape index (κ2) is 6.09. The molecule has 0 aliphatic heterocycles. The van der Waals surface area contributed by atoms with E-state index < -0.39 is 0 Å². The van der Waals surface area contributed by atoms with Crippen LogP contribution in [0.15, 0.2) is 29.0 Å². The predicted molar refractivity (Wildman–Crippen MR) is 91.6 cm³/mol. The lowest BCUT2D eigenvalue weighted by Gasteiger charge is -2.02. The fourth-order valence-electron chi connectivity index (χ4n) is 1.94. The normalized spacial score (nSPS) is 10.8. The van der Waals surface area contributed by atoms with E-state index in [-0.39, 0.29) is 5.91 Å². The van der Waals surface area contributed by atoms with Crippen molar-refractivity contribution in [2.24, 2.45) is 0 Å². The molecule has 0 aliphatic carbocycles. The highest BCUT2D eigenvalue weighted by atomic mass is 32.1. The first-order valence-corrected chi connectivity index (χ1v) is 9.04. The summed E-state index contributed by atoms with van der Waals surface area (Å²) < 4.78 is 0. The van der Waals surface area contributed by atoms with Crippen molar-refractivity contribution in [1.29, 1.82) is 0 Å². The van der Waals surface area contributed by atoms with Crippen LogP contribution in [0.1, 0.15) is 15.4 Å². The molecule has 6 heteroatoms. The van der Waals surface area contributed by atoms with Crippen molar-refractivity contribution in [2.75, 3.05) is 5.32 Å². The summed E-state index contributed by atoms with van der Waals surface area (Å²) in [5.41, 5.74) is 1.92. The highest BCUT2D eigenvalue weighted by Crippen LogP contribution is 2.35. The average molecular weight is 334 g/mol. The van der Waals surface area contributed by atoms with Gasteiger partial charge in [-0.15, -0.1) is 34.0 Å². The lowest BCUT2D eigenvalue weighted by atomic mass is 10.3.